The lowest BCUT2D eigenvalue weighted by Crippen LogP contribution is -2.45. The van der Waals surface area contributed by atoms with Crippen molar-refractivity contribution in [1.29, 1.82) is 0 Å². The van der Waals surface area contributed by atoms with Crippen LogP contribution in [0.15, 0.2) is 35.2 Å². The van der Waals surface area contributed by atoms with Crippen molar-refractivity contribution in [3.8, 4) is 11.5 Å². The SMILES string of the molecule is COc1cc2c(cc1OC)C(C)(C)CN(S(=O)(=O)c1ccc(F)cc1C)C2. The van der Waals surface area contributed by atoms with E-state index in [1.807, 2.05) is 26.0 Å². The van der Waals surface area contributed by atoms with Crippen molar-refractivity contribution < 1.29 is 22.3 Å². The van der Waals surface area contributed by atoms with Crippen LogP contribution in [-0.2, 0) is 22.0 Å². The van der Waals surface area contributed by atoms with Crippen LogP contribution in [0.3, 0.4) is 0 Å². The monoisotopic (exact) mass is 393 g/mol. The third kappa shape index (κ3) is 3.41. The molecule has 0 bridgehead atoms. The van der Waals surface area contributed by atoms with Crippen LogP contribution in [0.5, 0.6) is 11.5 Å². The Morgan fingerprint density at radius 2 is 1.70 bits per heavy atom. The summed E-state index contributed by atoms with van der Waals surface area (Å²) in [6.45, 7) is 6.13. The molecule has 1 aliphatic rings. The topological polar surface area (TPSA) is 55.8 Å². The molecule has 0 amide bonds. The van der Waals surface area contributed by atoms with Gasteiger partial charge in [0.2, 0.25) is 10.0 Å². The van der Waals surface area contributed by atoms with E-state index in [-0.39, 0.29) is 11.4 Å². The molecule has 0 N–H and O–H groups in total. The Hall–Kier alpha value is -2.12. The van der Waals surface area contributed by atoms with Crippen LogP contribution in [0.25, 0.3) is 0 Å². The molecule has 0 aliphatic carbocycles. The number of nitrogens with zero attached hydrogens (tertiary/aromatic N) is 1. The smallest absolute Gasteiger partial charge is 0.243 e. The molecule has 0 aromatic heterocycles. The maximum absolute atomic E-state index is 13.4. The highest BCUT2D eigenvalue weighted by Gasteiger charge is 2.39. The Balaban J connectivity index is 2.08. The number of halogens is 1. The van der Waals surface area contributed by atoms with Crippen molar-refractivity contribution in [1.82, 2.24) is 4.31 Å². The number of hydrogen-bond acceptors (Lipinski definition) is 4. The molecule has 1 heterocycles. The molecular weight excluding hydrogens is 369 g/mol. The number of sulfonamides is 1. The van der Waals surface area contributed by atoms with Crippen LogP contribution < -0.4 is 9.47 Å². The van der Waals surface area contributed by atoms with Crippen molar-refractivity contribution in [2.75, 3.05) is 20.8 Å². The minimum Gasteiger partial charge on any atom is -0.493 e. The number of rotatable bonds is 4. The summed E-state index contributed by atoms with van der Waals surface area (Å²) >= 11 is 0. The first-order valence-electron chi connectivity index (χ1n) is 8.62. The molecule has 7 heteroatoms. The Morgan fingerprint density at radius 3 is 2.30 bits per heavy atom. The second-order valence-corrected chi connectivity index (χ2v) is 9.34. The van der Waals surface area contributed by atoms with Crippen LogP contribution in [0.1, 0.15) is 30.5 Å². The lowest BCUT2D eigenvalue weighted by atomic mass is 9.79. The lowest BCUT2D eigenvalue weighted by molar-refractivity contribution is 0.294. The van der Waals surface area contributed by atoms with Crippen LogP contribution >= 0.6 is 0 Å². The zero-order valence-corrected chi connectivity index (χ0v) is 17.0. The Morgan fingerprint density at radius 1 is 1.07 bits per heavy atom. The lowest BCUT2D eigenvalue weighted by Gasteiger charge is -2.39. The average Bonchev–Trinajstić information content (AvgIpc) is 2.59. The van der Waals surface area contributed by atoms with Gasteiger partial charge >= 0.3 is 0 Å². The van der Waals surface area contributed by atoms with E-state index in [0.717, 1.165) is 11.1 Å². The highest BCUT2D eigenvalue weighted by Crippen LogP contribution is 2.41. The average molecular weight is 393 g/mol. The van der Waals surface area contributed by atoms with Crippen LogP contribution in [0.2, 0.25) is 0 Å². The first-order chi connectivity index (χ1) is 12.6. The van der Waals surface area contributed by atoms with Gasteiger partial charge in [-0.2, -0.15) is 4.31 Å². The van der Waals surface area contributed by atoms with Crippen molar-refractivity contribution in [2.24, 2.45) is 0 Å². The summed E-state index contributed by atoms with van der Waals surface area (Å²) in [6.07, 6.45) is 0. The quantitative estimate of drug-likeness (QED) is 0.796. The van der Waals surface area contributed by atoms with E-state index in [1.165, 1.54) is 22.5 Å². The van der Waals surface area contributed by atoms with Crippen molar-refractivity contribution >= 4 is 10.0 Å². The molecular formula is C20H24FNO4S. The predicted octanol–water partition coefficient (Wildman–Crippen LogP) is 3.63. The first kappa shape index (κ1) is 19.6. The van der Waals surface area contributed by atoms with E-state index in [0.29, 0.717) is 23.6 Å². The van der Waals surface area contributed by atoms with Gasteiger partial charge in [0.15, 0.2) is 11.5 Å². The van der Waals surface area contributed by atoms with Crippen molar-refractivity contribution in [3.63, 3.8) is 0 Å². The van der Waals surface area contributed by atoms with Gasteiger partial charge in [-0.25, -0.2) is 12.8 Å². The fraction of sp³-hybridized carbons (Fsp3) is 0.400. The van der Waals surface area contributed by atoms with E-state index < -0.39 is 21.3 Å². The Labute approximate surface area is 159 Å². The fourth-order valence-corrected chi connectivity index (χ4v) is 5.45. The molecule has 0 radical (unpaired) electrons. The van der Waals surface area contributed by atoms with Gasteiger partial charge in [-0.1, -0.05) is 13.8 Å². The summed E-state index contributed by atoms with van der Waals surface area (Å²) in [7, 11) is -0.636. The number of fused-ring (bicyclic) bond motifs is 1. The van der Waals surface area contributed by atoms with Gasteiger partial charge in [0, 0.05) is 18.5 Å². The summed E-state index contributed by atoms with van der Waals surface area (Å²) < 4.78 is 52.1. The number of benzene rings is 2. The molecule has 0 saturated heterocycles. The number of methoxy groups -OCH3 is 2. The van der Waals surface area contributed by atoms with E-state index in [1.54, 1.807) is 21.1 Å². The molecule has 146 valence electrons. The van der Waals surface area contributed by atoms with Crippen LogP contribution in [-0.4, -0.2) is 33.5 Å². The molecule has 0 saturated carbocycles. The zero-order chi connectivity index (χ0) is 20.0. The van der Waals surface area contributed by atoms with Gasteiger partial charge in [0.1, 0.15) is 5.82 Å². The summed E-state index contributed by atoms with van der Waals surface area (Å²) in [5.41, 5.74) is 1.87. The van der Waals surface area contributed by atoms with E-state index >= 15 is 0 Å². The summed E-state index contributed by atoms with van der Waals surface area (Å²) in [5.74, 6) is 0.729. The second-order valence-electron chi connectivity index (χ2n) is 7.43. The molecule has 3 rings (SSSR count). The van der Waals surface area contributed by atoms with E-state index in [9.17, 15) is 12.8 Å². The van der Waals surface area contributed by atoms with E-state index in [2.05, 4.69) is 0 Å². The van der Waals surface area contributed by atoms with Crippen LogP contribution in [0, 0.1) is 12.7 Å². The van der Waals surface area contributed by atoms with Crippen LogP contribution in [0.4, 0.5) is 4.39 Å². The normalized spacial score (nSPS) is 16.7. The largest absolute Gasteiger partial charge is 0.493 e. The molecule has 5 nitrogen and oxygen atoms in total. The van der Waals surface area contributed by atoms with Gasteiger partial charge < -0.3 is 9.47 Å². The fourth-order valence-electron chi connectivity index (χ4n) is 3.67. The summed E-state index contributed by atoms with van der Waals surface area (Å²) in [4.78, 5) is 0.128. The predicted molar refractivity (Wildman–Crippen MR) is 101 cm³/mol. The molecule has 27 heavy (non-hydrogen) atoms. The van der Waals surface area contributed by atoms with Crippen molar-refractivity contribution in [3.05, 3.63) is 52.8 Å². The van der Waals surface area contributed by atoms with Gasteiger partial charge in [0.25, 0.3) is 0 Å². The second kappa shape index (κ2) is 6.80. The molecule has 2 aromatic rings. The highest BCUT2D eigenvalue weighted by atomic mass is 32.2. The third-order valence-electron chi connectivity index (χ3n) is 5.01. The van der Waals surface area contributed by atoms with E-state index in [4.69, 9.17) is 9.47 Å². The molecule has 2 aromatic carbocycles. The number of ether oxygens (including phenoxy) is 2. The standard InChI is InChI=1S/C20H24FNO4S/c1-13-8-15(21)6-7-19(13)27(23,24)22-11-14-9-17(25-4)18(26-5)10-16(14)20(2,3)12-22/h6-10H,11-12H2,1-5H3. The molecule has 1 aliphatic heterocycles. The highest BCUT2D eigenvalue weighted by molar-refractivity contribution is 7.89. The molecule has 0 unspecified atom stereocenters. The summed E-state index contributed by atoms with van der Waals surface area (Å²) in [5, 5.41) is 0. The third-order valence-corrected chi connectivity index (χ3v) is 6.96. The summed E-state index contributed by atoms with van der Waals surface area (Å²) in [6, 6.07) is 7.49. The zero-order valence-electron chi connectivity index (χ0n) is 16.2. The molecule has 0 atom stereocenters. The van der Waals surface area contributed by atoms with Gasteiger partial charge in [0.05, 0.1) is 19.1 Å². The maximum atomic E-state index is 13.4. The number of aryl methyl sites for hydroxylation is 1. The van der Waals surface area contributed by atoms with Crippen molar-refractivity contribution in [2.45, 2.75) is 37.6 Å². The molecule has 0 fully saturated rings. The molecule has 0 spiro atoms. The minimum absolute atomic E-state index is 0.128. The Kier molecular flexibility index (Phi) is 4.94. The Bertz CT molecular complexity index is 986. The first-order valence-corrected chi connectivity index (χ1v) is 10.1. The van der Waals surface area contributed by atoms with Gasteiger partial charge in [-0.15, -0.1) is 0 Å². The van der Waals surface area contributed by atoms with Gasteiger partial charge in [-0.3, -0.25) is 0 Å². The maximum Gasteiger partial charge on any atom is 0.243 e. The number of hydrogen-bond donors (Lipinski definition) is 0. The minimum atomic E-state index is -3.76. The van der Waals surface area contributed by atoms with Gasteiger partial charge in [-0.05, 0) is 53.9 Å².